The smallest absolute Gasteiger partial charge is 0.233 e. The number of primary amides is 1. The van der Waals surface area contributed by atoms with E-state index >= 15 is 0 Å². The molecule has 25 heavy (non-hydrogen) atoms. The fraction of sp³-hybridized carbons (Fsp3) is 0.632. The quantitative estimate of drug-likeness (QED) is 0.810. The molecule has 3 N–H and O–H groups in total. The zero-order chi connectivity index (χ0) is 17.3. The summed E-state index contributed by atoms with van der Waals surface area (Å²) in [5.41, 5.74) is 6.68. The van der Waals surface area contributed by atoms with Gasteiger partial charge in [-0.15, -0.1) is 0 Å². The first-order valence-corrected chi connectivity index (χ1v) is 9.47. The van der Waals surface area contributed by atoms with Crippen molar-refractivity contribution >= 4 is 18.0 Å². The third kappa shape index (κ3) is 2.87. The molecule has 2 heterocycles. The largest absolute Gasteiger partial charge is 0.369 e. The second-order valence-corrected chi connectivity index (χ2v) is 7.51. The average Bonchev–Trinajstić information content (AvgIpc) is 2.96. The fourth-order valence-corrected chi connectivity index (χ4v) is 4.94. The number of nitrogens with two attached hydrogens (primary N) is 1. The van der Waals surface area contributed by atoms with Crippen molar-refractivity contribution < 1.29 is 4.79 Å². The van der Waals surface area contributed by atoms with Gasteiger partial charge in [0.25, 0.3) is 0 Å². The lowest BCUT2D eigenvalue weighted by Gasteiger charge is -2.43. The van der Waals surface area contributed by atoms with Gasteiger partial charge in [0.2, 0.25) is 5.91 Å². The highest BCUT2D eigenvalue weighted by atomic mass is 16.1. The molecule has 6 nitrogen and oxygen atoms in total. The molecule has 2 aliphatic heterocycles. The van der Waals surface area contributed by atoms with Gasteiger partial charge in [-0.2, -0.15) is 0 Å². The van der Waals surface area contributed by atoms with Gasteiger partial charge in [-0.3, -0.25) is 9.69 Å². The van der Waals surface area contributed by atoms with E-state index in [9.17, 15) is 4.79 Å². The molecule has 6 heteroatoms. The molecule has 1 saturated carbocycles. The number of amides is 1. The van der Waals surface area contributed by atoms with Crippen LogP contribution in [0.5, 0.6) is 0 Å². The first kappa shape index (κ1) is 16.7. The van der Waals surface area contributed by atoms with Crippen LogP contribution in [0.3, 0.4) is 0 Å². The van der Waals surface area contributed by atoms with E-state index in [0.29, 0.717) is 6.04 Å². The molecule has 0 aromatic rings. The van der Waals surface area contributed by atoms with Gasteiger partial charge in [0, 0.05) is 19.1 Å². The number of rotatable bonds is 3. The topological polar surface area (TPSA) is 83.1 Å². The van der Waals surface area contributed by atoms with Crippen molar-refractivity contribution in [2.75, 3.05) is 26.2 Å². The Morgan fingerprint density at radius 1 is 1.24 bits per heavy atom. The van der Waals surface area contributed by atoms with Gasteiger partial charge in [-0.25, -0.2) is 9.98 Å². The Kier molecular flexibility index (Phi) is 4.56. The zero-order valence-corrected chi connectivity index (χ0v) is 14.7. The van der Waals surface area contributed by atoms with Gasteiger partial charge in [0.1, 0.15) is 11.8 Å². The number of allylic oxidation sites excluding steroid dienone is 3. The molecule has 1 amide bonds. The Bertz CT molecular complexity index is 649. The van der Waals surface area contributed by atoms with Crippen LogP contribution in [0.25, 0.3) is 0 Å². The van der Waals surface area contributed by atoms with Gasteiger partial charge in [0.05, 0.1) is 11.4 Å². The number of fused-ring (bicyclic) bond motifs is 1. The van der Waals surface area contributed by atoms with E-state index in [-0.39, 0.29) is 11.8 Å². The average molecular weight is 341 g/mol. The molecule has 0 spiro atoms. The van der Waals surface area contributed by atoms with E-state index in [0.717, 1.165) is 56.7 Å². The summed E-state index contributed by atoms with van der Waals surface area (Å²) in [6, 6.07) is 0.630. The van der Waals surface area contributed by atoms with Gasteiger partial charge in [-0.1, -0.05) is 12.2 Å². The molecule has 4 aliphatic rings. The van der Waals surface area contributed by atoms with E-state index in [1.54, 1.807) is 6.34 Å². The number of nitrogens with zero attached hydrogens (tertiary/aromatic N) is 3. The molecule has 0 aromatic carbocycles. The van der Waals surface area contributed by atoms with Crippen LogP contribution >= 0.6 is 0 Å². The number of carbonyl (C=O) groups excluding carboxylic acids is 1. The van der Waals surface area contributed by atoms with Crippen LogP contribution in [0.2, 0.25) is 0 Å². The van der Waals surface area contributed by atoms with Crippen molar-refractivity contribution in [1.82, 2.24) is 10.2 Å². The molecule has 1 unspecified atom stereocenters. The van der Waals surface area contributed by atoms with Gasteiger partial charge >= 0.3 is 0 Å². The Labute approximate surface area is 149 Å². The molecule has 134 valence electrons. The second kappa shape index (κ2) is 6.84. The summed E-state index contributed by atoms with van der Waals surface area (Å²) in [6.45, 7) is 4.51. The number of nitrogens with one attached hydrogen (secondary N) is 1. The van der Waals surface area contributed by atoms with Gasteiger partial charge in [-0.05, 0) is 57.2 Å². The maximum atomic E-state index is 12.5. The number of carbonyl (C=O) groups is 1. The molecular weight excluding hydrogens is 314 g/mol. The third-order valence-electron chi connectivity index (χ3n) is 6.27. The minimum absolute atomic E-state index is 0.215. The summed E-state index contributed by atoms with van der Waals surface area (Å²) in [7, 11) is 0. The first-order valence-electron chi connectivity index (χ1n) is 9.47. The Morgan fingerprint density at radius 2 is 2.08 bits per heavy atom. The molecule has 4 rings (SSSR count). The van der Waals surface area contributed by atoms with Crippen molar-refractivity contribution in [2.45, 2.75) is 38.1 Å². The van der Waals surface area contributed by atoms with E-state index < -0.39 is 5.41 Å². The van der Waals surface area contributed by atoms with Gasteiger partial charge in [0.15, 0.2) is 0 Å². The van der Waals surface area contributed by atoms with Crippen molar-refractivity contribution in [2.24, 2.45) is 27.1 Å². The van der Waals surface area contributed by atoms with Crippen molar-refractivity contribution in [3.8, 4) is 0 Å². The van der Waals surface area contributed by atoms with Crippen LogP contribution in [0.1, 0.15) is 32.1 Å². The van der Waals surface area contributed by atoms with E-state index in [1.165, 1.54) is 13.0 Å². The van der Waals surface area contributed by atoms with Crippen molar-refractivity contribution in [3.05, 3.63) is 23.9 Å². The Hall–Kier alpha value is -1.79. The van der Waals surface area contributed by atoms with E-state index in [2.05, 4.69) is 20.2 Å². The predicted molar refractivity (Wildman–Crippen MR) is 99.6 cm³/mol. The normalized spacial score (nSPS) is 35.7. The molecule has 0 radical (unpaired) electrons. The summed E-state index contributed by atoms with van der Waals surface area (Å²) < 4.78 is 0. The predicted octanol–water partition coefficient (Wildman–Crippen LogP) is 1.25. The maximum Gasteiger partial charge on any atom is 0.233 e. The van der Waals surface area contributed by atoms with Crippen LogP contribution in [-0.4, -0.2) is 55.1 Å². The monoisotopic (exact) mass is 341 g/mol. The standard InChI is InChI=1S/C19H27N5O/c20-18(25)19(8-1-3-16-17(19)23-13-22-16)14-4-6-15(7-5-14)24-11-2-9-21-10-12-24/h1,3,8,13-15,21H,2,4-7,9-12H2,(H2,20,25). The minimum atomic E-state index is -0.786. The van der Waals surface area contributed by atoms with Crippen LogP contribution in [0.15, 0.2) is 33.9 Å². The summed E-state index contributed by atoms with van der Waals surface area (Å²) in [5, 5.41) is 3.48. The summed E-state index contributed by atoms with van der Waals surface area (Å²) in [6.07, 6.45) is 12.8. The molecule has 1 saturated heterocycles. The van der Waals surface area contributed by atoms with E-state index in [4.69, 9.17) is 5.73 Å². The molecule has 0 bridgehead atoms. The summed E-state index contributed by atoms with van der Waals surface area (Å²) in [4.78, 5) is 23.9. The lowest BCUT2D eigenvalue weighted by molar-refractivity contribution is -0.125. The lowest BCUT2D eigenvalue weighted by atomic mass is 9.63. The molecule has 1 atom stereocenters. The van der Waals surface area contributed by atoms with Crippen LogP contribution in [0, 0.1) is 11.3 Å². The molecule has 2 aliphatic carbocycles. The third-order valence-corrected chi connectivity index (χ3v) is 6.27. The highest BCUT2D eigenvalue weighted by Crippen LogP contribution is 2.45. The van der Waals surface area contributed by atoms with E-state index in [1.807, 2.05) is 18.2 Å². The molecule has 2 fully saturated rings. The molecule has 0 aromatic heterocycles. The highest BCUT2D eigenvalue weighted by molar-refractivity contribution is 6.22. The van der Waals surface area contributed by atoms with Crippen LogP contribution in [0.4, 0.5) is 0 Å². The van der Waals surface area contributed by atoms with Crippen LogP contribution < -0.4 is 11.1 Å². The first-order chi connectivity index (χ1) is 12.2. The Morgan fingerprint density at radius 3 is 2.88 bits per heavy atom. The summed E-state index contributed by atoms with van der Waals surface area (Å²) >= 11 is 0. The second-order valence-electron chi connectivity index (χ2n) is 7.51. The minimum Gasteiger partial charge on any atom is -0.369 e. The van der Waals surface area contributed by atoms with Crippen molar-refractivity contribution in [3.63, 3.8) is 0 Å². The SMILES string of the molecule is NC(=O)C1(C2CCC(N3CCCNCC3)CC2)C=CC=C2N=CN=C21. The number of hydrogen-bond donors (Lipinski definition) is 2. The fourth-order valence-electron chi connectivity index (χ4n) is 4.94. The van der Waals surface area contributed by atoms with Gasteiger partial charge < -0.3 is 11.1 Å². The zero-order valence-electron chi connectivity index (χ0n) is 14.7. The highest BCUT2D eigenvalue weighted by Gasteiger charge is 2.50. The number of aliphatic imine (C=N–C) groups is 2. The summed E-state index contributed by atoms with van der Waals surface area (Å²) in [5.74, 6) is -0.0761. The molecular formula is C19H27N5O. The van der Waals surface area contributed by atoms with Crippen molar-refractivity contribution in [1.29, 1.82) is 0 Å². The Balaban J connectivity index is 1.50. The maximum absolute atomic E-state index is 12.5. The van der Waals surface area contributed by atoms with Crippen LogP contribution in [-0.2, 0) is 4.79 Å². The lowest BCUT2D eigenvalue weighted by Crippen LogP contribution is -2.51. The number of hydrogen-bond acceptors (Lipinski definition) is 5.